The Balaban J connectivity index is 1.94. The molecule has 1 unspecified atom stereocenters. The molecule has 110 valence electrons. The number of rotatable bonds is 4. The minimum atomic E-state index is -0.677. The molecule has 0 saturated carbocycles. The maximum Gasteiger partial charge on any atom is 0.233 e. The quantitative estimate of drug-likeness (QED) is 0.851. The van der Waals surface area contributed by atoms with Crippen molar-refractivity contribution in [2.24, 2.45) is 0 Å². The molecular formula is C13H15F2NO3S. The van der Waals surface area contributed by atoms with Gasteiger partial charge in [-0.2, -0.15) is 0 Å². The molecule has 7 heteroatoms. The lowest BCUT2D eigenvalue weighted by Crippen LogP contribution is -2.51. The van der Waals surface area contributed by atoms with Gasteiger partial charge >= 0.3 is 0 Å². The van der Waals surface area contributed by atoms with Crippen molar-refractivity contribution in [2.45, 2.75) is 10.9 Å². The highest BCUT2D eigenvalue weighted by Gasteiger charge is 2.26. The number of carbonyl (C=O) groups excluding carboxylic acids is 1. The fourth-order valence-corrected chi connectivity index (χ4v) is 2.75. The molecule has 1 fully saturated rings. The Kier molecular flexibility index (Phi) is 5.33. The highest BCUT2D eigenvalue weighted by molar-refractivity contribution is 8.00. The number of amides is 1. The fraction of sp³-hybridized carbons (Fsp3) is 0.462. The number of carbonyl (C=O) groups is 1. The normalized spacial score (nSPS) is 19.1. The number of aliphatic hydroxyl groups excluding tert-OH is 1. The zero-order valence-corrected chi connectivity index (χ0v) is 11.5. The van der Waals surface area contributed by atoms with Gasteiger partial charge in [0.1, 0.15) is 11.6 Å². The zero-order chi connectivity index (χ0) is 14.5. The van der Waals surface area contributed by atoms with Gasteiger partial charge in [-0.1, -0.05) is 0 Å². The van der Waals surface area contributed by atoms with Gasteiger partial charge < -0.3 is 14.7 Å². The molecule has 0 bridgehead atoms. The van der Waals surface area contributed by atoms with Gasteiger partial charge in [-0.3, -0.25) is 4.79 Å². The lowest BCUT2D eigenvalue weighted by atomic mass is 10.2. The largest absolute Gasteiger partial charge is 0.394 e. The molecule has 1 aromatic carbocycles. The third kappa shape index (κ3) is 3.68. The molecule has 2 rings (SSSR count). The van der Waals surface area contributed by atoms with Crippen molar-refractivity contribution in [3.63, 3.8) is 0 Å². The van der Waals surface area contributed by atoms with Gasteiger partial charge in [0.05, 0.1) is 31.6 Å². The summed E-state index contributed by atoms with van der Waals surface area (Å²) >= 11 is 1.01. The summed E-state index contributed by atoms with van der Waals surface area (Å²) in [5.41, 5.74) is 0. The van der Waals surface area contributed by atoms with Crippen molar-refractivity contribution in [2.75, 3.05) is 32.1 Å². The van der Waals surface area contributed by atoms with Crippen molar-refractivity contribution in [1.29, 1.82) is 0 Å². The van der Waals surface area contributed by atoms with E-state index >= 15 is 0 Å². The lowest BCUT2D eigenvalue weighted by molar-refractivity contribution is -0.138. The van der Waals surface area contributed by atoms with Crippen LogP contribution in [0.2, 0.25) is 0 Å². The summed E-state index contributed by atoms with van der Waals surface area (Å²) in [5.74, 6) is -1.48. The number of morpholine rings is 1. The maximum absolute atomic E-state index is 13.4. The Morgan fingerprint density at radius 1 is 1.50 bits per heavy atom. The Morgan fingerprint density at radius 3 is 3.00 bits per heavy atom. The molecule has 1 aromatic rings. The summed E-state index contributed by atoms with van der Waals surface area (Å²) in [5, 5.41) is 9.19. The predicted molar refractivity (Wildman–Crippen MR) is 70.5 cm³/mol. The summed E-state index contributed by atoms with van der Waals surface area (Å²) in [6.45, 7) is 0.980. The number of thioether (sulfide) groups is 1. The predicted octanol–water partition coefficient (Wildman–Crippen LogP) is 1.28. The molecule has 1 saturated heterocycles. The van der Waals surface area contributed by atoms with Crippen molar-refractivity contribution < 1.29 is 23.4 Å². The number of benzene rings is 1. The first-order valence-corrected chi connectivity index (χ1v) is 7.16. The number of hydrogen-bond acceptors (Lipinski definition) is 4. The van der Waals surface area contributed by atoms with E-state index in [1.54, 1.807) is 0 Å². The summed E-state index contributed by atoms with van der Waals surface area (Å²) in [6.07, 6.45) is 0. The van der Waals surface area contributed by atoms with Gasteiger partial charge in [-0.25, -0.2) is 8.78 Å². The highest BCUT2D eigenvalue weighted by Crippen LogP contribution is 2.23. The van der Waals surface area contributed by atoms with Gasteiger partial charge in [0, 0.05) is 17.5 Å². The minimum Gasteiger partial charge on any atom is -0.394 e. The lowest BCUT2D eigenvalue weighted by Gasteiger charge is -2.34. The molecule has 0 radical (unpaired) electrons. The van der Waals surface area contributed by atoms with E-state index in [1.165, 1.54) is 11.0 Å². The first-order chi connectivity index (χ1) is 9.61. The van der Waals surface area contributed by atoms with Crippen molar-refractivity contribution >= 4 is 17.7 Å². The van der Waals surface area contributed by atoms with Gasteiger partial charge in [0.25, 0.3) is 0 Å². The van der Waals surface area contributed by atoms with Crippen LogP contribution in [0.15, 0.2) is 23.1 Å². The molecule has 0 aliphatic carbocycles. The van der Waals surface area contributed by atoms with Crippen LogP contribution >= 0.6 is 11.8 Å². The van der Waals surface area contributed by atoms with Crippen LogP contribution < -0.4 is 0 Å². The molecule has 0 aromatic heterocycles. The van der Waals surface area contributed by atoms with E-state index < -0.39 is 11.6 Å². The Hall–Kier alpha value is -1.18. The van der Waals surface area contributed by atoms with E-state index in [9.17, 15) is 18.7 Å². The summed E-state index contributed by atoms with van der Waals surface area (Å²) in [6, 6.07) is 2.90. The second-order valence-electron chi connectivity index (χ2n) is 4.36. The minimum absolute atomic E-state index is 0.0407. The number of ether oxygens (including phenoxy) is 1. The zero-order valence-electron chi connectivity index (χ0n) is 10.7. The first-order valence-electron chi connectivity index (χ1n) is 6.17. The molecule has 1 aliphatic heterocycles. The second-order valence-corrected chi connectivity index (χ2v) is 5.38. The van der Waals surface area contributed by atoms with Crippen LogP contribution in [0.5, 0.6) is 0 Å². The standard InChI is InChI=1S/C13H15F2NO3S/c14-9-1-2-12(11(15)5-9)20-8-13(18)16-3-4-19-7-10(16)6-17/h1-2,5,10,17H,3-4,6-8H2. The molecule has 20 heavy (non-hydrogen) atoms. The topological polar surface area (TPSA) is 49.8 Å². The number of halogens is 2. The van der Waals surface area contributed by atoms with Gasteiger partial charge in [0.2, 0.25) is 5.91 Å². The Morgan fingerprint density at radius 2 is 2.30 bits per heavy atom. The van der Waals surface area contributed by atoms with E-state index in [1.807, 2.05) is 0 Å². The van der Waals surface area contributed by atoms with Crippen LogP contribution in [-0.4, -0.2) is 54.1 Å². The second kappa shape index (κ2) is 7.01. The van der Waals surface area contributed by atoms with Crippen molar-refractivity contribution in [3.05, 3.63) is 29.8 Å². The molecule has 1 heterocycles. The fourth-order valence-electron chi connectivity index (χ4n) is 1.95. The number of hydrogen-bond donors (Lipinski definition) is 1. The van der Waals surface area contributed by atoms with Crippen molar-refractivity contribution in [1.82, 2.24) is 4.90 Å². The van der Waals surface area contributed by atoms with E-state index in [0.717, 1.165) is 23.9 Å². The highest BCUT2D eigenvalue weighted by atomic mass is 32.2. The van der Waals surface area contributed by atoms with Crippen molar-refractivity contribution in [3.8, 4) is 0 Å². The SMILES string of the molecule is O=C(CSc1ccc(F)cc1F)N1CCOCC1CO. The van der Waals surface area contributed by atoms with Crippen LogP contribution in [0.25, 0.3) is 0 Å². The Labute approximate surface area is 119 Å². The van der Waals surface area contributed by atoms with Gasteiger partial charge in [0.15, 0.2) is 0 Å². The van der Waals surface area contributed by atoms with Crippen LogP contribution in [0.4, 0.5) is 8.78 Å². The summed E-state index contributed by atoms with van der Waals surface area (Å²) in [7, 11) is 0. The van der Waals surface area contributed by atoms with E-state index in [-0.39, 0.29) is 29.2 Å². The average molecular weight is 303 g/mol. The molecule has 4 nitrogen and oxygen atoms in total. The van der Waals surface area contributed by atoms with E-state index in [4.69, 9.17) is 4.74 Å². The summed E-state index contributed by atoms with van der Waals surface area (Å²) < 4.78 is 31.4. The van der Waals surface area contributed by atoms with Crippen LogP contribution in [0.3, 0.4) is 0 Å². The third-order valence-electron chi connectivity index (χ3n) is 3.00. The molecule has 0 spiro atoms. The first kappa shape index (κ1) is 15.2. The van der Waals surface area contributed by atoms with Crippen LogP contribution in [0.1, 0.15) is 0 Å². The molecule has 1 N–H and O–H groups in total. The Bertz CT molecular complexity index is 487. The van der Waals surface area contributed by atoms with E-state index in [2.05, 4.69) is 0 Å². The number of aliphatic hydroxyl groups is 1. The van der Waals surface area contributed by atoms with Crippen LogP contribution in [-0.2, 0) is 9.53 Å². The van der Waals surface area contributed by atoms with Crippen LogP contribution in [0, 0.1) is 11.6 Å². The maximum atomic E-state index is 13.4. The third-order valence-corrected chi connectivity index (χ3v) is 4.04. The monoisotopic (exact) mass is 303 g/mol. The smallest absolute Gasteiger partial charge is 0.233 e. The molecule has 1 aliphatic rings. The van der Waals surface area contributed by atoms with Gasteiger partial charge in [-0.05, 0) is 12.1 Å². The number of nitrogens with zero attached hydrogens (tertiary/aromatic N) is 1. The van der Waals surface area contributed by atoms with Gasteiger partial charge in [-0.15, -0.1) is 11.8 Å². The molecule has 1 atom stereocenters. The molecule has 1 amide bonds. The average Bonchev–Trinajstić information content (AvgIpc) is 2.46. The summed E-state index contributed by atoms with van der Waals surface area (Å²) in [4.78, 5) is 13.8. The molecular weight excluding hydrogens is 288 g/mol. The van der Waals surface area contributed by atoms with E-state index in [0.29, 0.717) is 19.8 Å².